The van der Waals surface area contributed by atoms with E-state index in [9.17, 15) is 42.1 Å². The lowest BCUT2D eigenvalue weighted by molar-refractivity contribution is 0.375. The molecular weight excluding hydrogens is 909 g/mol. The first kappa shape index (κ1) is 43.5. The maximum atomic E-state index is 13.6. The van der Waals surface area contributed by atoms with E-state index in [1.165, 1.54) is 44.2 Å². The molecule has 0 saturated carbocycles. The molecule has 2 aromatic heterocycles. The molecule has 0 bridgehead atoms. The van der Waals surface area contributed by atoms with Crippen molar-refractivity contribution >= 4 is 50.0 Å². The Bertz CT molecular complexity index is 3400. The third kappa shape index (κ3) is 7.57. The van der Waals surface area contributed by atoms with Gasteiger partial charge in [0.25, 0.3) is 10.1 Å². The monoisotopic (exact) mass is 938 g/mol. The van der Waals surface area contributed by atoms with E-state index in [1.54, 1.807) is 19.9 Å². The van der Waals surface area contributed by atoms with Gasteiger partial charge in [0.15, 0.2) is 17.2 Å². The fourth-order valence-corrected chi connectivity index (χ4v) is 12.0. The molecule has 322 valence electrons. The molecule has 0 radical (unpaired) electrons. The Labute approximate surface area is 348 Å². The SMILES string of the molecule is COS(=O)(=O)c1cc(-c2nnc(C)o2)cc2c1Oc1ccc(C)cc1S2(=O)=O.COS(=O)(=O)c1cc(C)cc2c1Oc1c(S(=O)(=O)OC)cc(-c3nnc(C)o3)cc1S2(=O)=O. The van der Waals surface area contributed by atoms with Crippen LogP contribution in [0.3, 0.4) is 0 Å². The van der Waals surface area contributed by atoms with Crippen LogP contribution in [0.4, 0.5) is 0 Å². The van der Waals surface area contributed by atoms with E-state index in [0.717, 1.165) is 39.5 Å². The smallest absolute Gasteiger partial charge is 0.300 e. The second-order valence-corrected chi connectivity index (χ2v) is 21.8. The molecule has 0 atom stereocenters. The van der Waals surface area contributed by atoms with Crippen LogP contribution in [0.1, 0.15) is 22.9 Å². The molecule has 4 heterocycles. The van der Waals surface area contributed by atoms with Crippen molar-refractivity contribution < 1.29 is 72.9 Å². The molecule has 0 N–H and O–H groups in total. The quantitative estimate of drug-likeness (QED) is 0.188. The van der Waals surface area contributed by atoms with Gasteiger partial charge in [0, 0.05) is 25.0 Å². The highest BCUT2D eigenvalue weighted by Gasteiger charge is 2.41. The van der Waals surface area contributed by atoms with Gasteiger partial charge in [-0.1, -0.05) is 6.07 Å². The Morgan fingerprint density at radius 1 is 0.475 bits per heavy atom. The van der Waals surface area contributed by atoms with Crippen molar-refractivity contribution in [3.8, 4) is 45.9 Å². The minimum absolute atomic E-state index is 0.0295. The van der Waals surface area contributed by atoms with Crippen molar-refractivity contribution in [1.82, 2.24) is 20.4 Å². The van der Waals surface area contributed by atoms with Crippen molar-refractivity contribution in [3.05, 3.63) is 77.5 Å². The lowest BCUT2D eigenvalue weighted by Gasteiger charge is -2.24. The maximum Gasteiger partial charge on any atom is 0.300 e. The molecule has 61 heavy (non-hydrogen) atoms. The summed E-state index contributed by atoms with van der Waals surface area (Å²) in [5.74, 6) is -1.30. The minimum Gasteiger partial charge on any atom is -0.453 e. The van der Waals surface area contributed by atoms with Gasteiger partial charge in [-0.05, 0) is 73.5 Å². The van der Waals surface area contributed by atoms with Gasteiger partial charge >= 0.3 is 20.2 Å². The molecule has 6 aromatic rings. The summed E-state index contributed by atoms with van der Waals surface area (Å²) in [6.07, 6.45) is 0. The Morgan fingerprint density at radius 3 is 1.30 bits per heavy atom. The van der Waals surface area contributed by atoms with Crippen LogP contribution in [-0.2, 0) is 62.6 Å². The second kappa shape index (κ2) is 15.1. The molecule has 21 nitrogen and oxygen atoms in total. The van der Waals surface area contributed by atoms with E-state index >= 15 is 0 Å². The zero-order valence-corrected chi connectivity index (χ0v) is 36.5. The number of hydrogen-bond acceptors (Lipinski definition) is 21. The Kier molecular flexibility index (Phi) is 10.7. The van der Waals surface area contributed by atoms with Crippen LogP contribution in [0.5, 0.6) is 23.0 Å². The highest BCUT2D eigenvalue weighted by molar-refractivity contribution is 7.92. The third-order valence-electron chi connectivity index (χ3n) is 8.89. The van der Waals surface area contributed by atoms with Crippen molar-refractivity contribution in [2.45, 2.75) is 62.0 Å². The molecular formula is C35H30N4O17S5. The van der Waals surface area contributed by atoms with Crippen LogP contribution in [0.25, 0.3) is 22.9 Å². The van der Waals surface area contributed by atoms with Crippen LogP contribution in [-0.4, -0.2) is 83.8 Å². The average Bonchev–Trinajstić information content (AvgIpc) is 3.86. The molecule has 0 spiro atoms. The summed E-state index contributed by atoms with van der Waals surface area (Å²) in [6.45, 7) is 6.28. The largest absolute Gasteiger partial charge is 0.453 e. The van der Waals surface area contributed by atoms with E-state index in [1.807, 2.05) is 0 Å². The van der Waals surface area contributed by atoms with E-state index in [0.29, 0.717) is 5.56 Å². The zero-order valence-electron chi connectivity index (χ0n) is 32.5. The van der Waals surface area contributed by atoms with E-state index in [-0.39, 0.29) is 61.5 Å². The normalized spacial score (nSPS) is 14.9. The maximum absolute atomic E-state index is 13.6. The average molecular weight is 939 g/mol. The molecule has 2 aliphatic rings. The van der Waals surface area contributed by atoms with Crippen molar-refractivity contribution in [2.75, 3.05) is 21.3 Å². The number of ether oxygens (including phenoxy) is 2. The van der Waals surface area contributed by atoms with E-state index in [4.69, 9.17) is 18.3 Å². The first-order valence-electron chi connectivity index (χ1n) is 16.9. The number of nitrogens with zero attached hydrogens (tertiary/aromatic N) is 4. The summed E-state index contributed by atoms with van der Waals surface area (Å²) in [6, 6.07) is 11.5. The number of fused-ring (bicyclic) bond motifs is 4. The van der Waals surface area contributed by atoms with Crippen LogP contribution in [0, 0.1) is 27.7 Å². The van der Waals surface area contributed by atoms with Crippen molar-refractivity contribution in [2.24, 2.45) is 0 Å². The minimum atomic E-state index is -4.54. The molecule has 0 fully saturated rings. The van der Waals surface area contributed by atoms with Crippen LogP contribution in [0.15, 0.2) is 97.7 Å². The lowest BCUT2D eigenvalue weighted by atomic mass is 10.2. The summed E-state index contributed by atoms with van der Waals surface area (Å²) in [5, 5.41) is 15.0. The topological polar surface area (TPSA) is 295 Å². The predicted octanol–water partition coefficient (Wildman–Crippen LogP) is 4.59. The fraction of sp³-hybridized carbons (Fsp3) is 0.200. The highest BCUT2D eigenvalue weighted by Crippen LogP contribution is 2.51. The Morgan fingerprint density at radius 2 is 0.869 bits per heavy atom. The van der Waals surface area contributed by atoms with Crippen molar-refractivity contribution in [1.29, 1.82) is 0 Å². The fourth-order valence-electron chi connectivity index (χ4n) is 6.02. The highest BCUT2D eigenvalue weighted by atomic mass is 32.2. The number of aromatic nitrogens is 4. The summed E-state index contributed by atoms with van der Waals surface area (Å²) in [7, 11) is -19.1. The number of hydrogen-bond donors (Lipinski definition) is 0. The Balaban J connectivity index is 0.000000186. The molecule has 26 heteroatoms. The van der Waals surface area contributed by atoms with Gasteiger partial charge < -0.3 is 18.3 Å². The molecule has 4 aromatic carbocycles. The number of benzene rings is 4. The standard InChI is InChI=1S/C18H16N2O10S3.C17H14N2O7S2/c1-9-5-12-16(14(6-9)32(23,24)27-3)30-17-13(31(12,21)22)7-11(18-20-19-10(2)29-18)8-15(17)33(25,26)28-4;1-9-4-5-12-13(6-9)27(20,21)14-7-11(17-19-18-10(2)25-17)8-15(16(14)26-12)28(22,23)24-3/h5-8H,1-4H3;4-8H,1-3H3. The van der Waals surface area contributed by atoms with Gasteiger partial charge in [-0.25, -0.2) is 16.8 Å². The van der Waals surface area contributed by atoms with Gasteiger partial charge in [0.05, 0.1) is 21.3 Å². The zero-order chi connectivity index (χ0) is 44.6. The van der Waals surface area contributed by atoms with Crippen LogP contribution < -0.4 is 9.47 Å². The van der Waals surface area contributed by atoms with E-state index < -0.39 is 86.0 Å². The van der Waals surface area contributed by atoms with Gasteiger partial charge in [-0.3, -0.25) is 12.5 Å². The van der Waals surface area contributed by atoms with E-state index in [2.05, 4.69) is 32.9 Å². The molecule has 8 rings (SSSR count). The van der Waals surface area contributed by atoms with Gasteiger partial charge in [0.2, 0.25) is 43.2 Å². The first-order chi connectivity index (χ1) is 28.4. The molecule has 0 unspecified atom stereocenters. The van der Waals surface area contributed by atoms with Crippen molar-refractivity contribution in [3.63, 3.8) is 0 Å². The van der Waals surface area contributed by atoms with Crippen LogP contribution >= 0.6 is 0 Å². The predicted molar refractivity (Wildman–Crippen MR) is 205 cm³/mol. The van der Waals surface area contributed by atoms with Crippen LogP contribution in [0.2, 0.25) is 0 Å². The molecule has 0 saturated heterocycles. The third-order valence-corrected chi connectivity index (χ3v) is 16.3. The number of sulfone groups is 2. The summed E-state index contributed by atoms with van der Waals surface area (Å²) >= 11 is 0. The number of rotatable bonds is 8. The lowest BCUT2D eigenvalue weighted by Crippen LogP contribution is -2.18. The second-order valence-electron chi connectivity index (χ2n) is 13.0. The number of aryl methyl sites for hydroxylation is 4. The molecule has 0 amide bonds. The van der Waals surface area contributed by atoms with Gasteiger partial charge in [-0.15, -0.1) is 20.4 Å². The van der Waals surface area contributed by atoms with Gasteiger partial charge in [-0.2, -0.15) is 25.3 Å². The first-order valence-corrected chi connectivity index (χ1v) is 24.1. The summed E-state index contributed by atoms with van der Waals surface area (Å²) < 4.78 is 164. The Hall–Kier alpha value is -5.61. The summed E-state index contributed by atoms with van der Waals surface area (Å²) in [5.41, 5.74) is 1.08. The molecule has 0 aliphatic carbocycles. The summed E-state index contributed by atoms with van der Waals surface area (Å²) in [4.78, 5) is -3.12. The van der Waals surface area contributed by atoms with Gasteiger partial charge in [0.1, 0.15) is 40.0 Å². The molecule has 2 aliphatic heterocycles.